The van der Waals surface area contributed by atoms with Crippen LogP contribution in [0.1, 0.15) is 36.7 Å². The third kappa shape index (κ3) is 6.04. The standard InChI is InChI=1S/C28H31F3N8O2/c1-4-38-12-14-39(15-13-38)18-10-8-17(9-11-18)33-26-32-16-19(28(29,30)31)23(36-26)34-20-6-5-7-21-22(20)24(40)37-27(2,3)25(41)35-21/h5-11,16H,4,12-15H2,1-3H3,(H,35,41)(H,37,40)(H2,32,33,34,36). The van der Waals surface area contributed by atoms with Crippen LogP contribution in [0.15, 0.2) is 48.7 Å². The summed E-state index contributed by atoms with van der Waals surface area (Å²) in [6.07, 6.45) is -4.08. The number of aromatic nitrogens is 2. The molecular formula is C28H31F3N8O2. The number of benzene rings is 2. The van der Waals surface area contributed by atoms with Gasteiger partial charge >= 0.3 is 6.18 Å². The van der Waals surface area contributed by atoms with E-state index < -0.39 is 34.9 Å². The molecule has 3 heterocycles. The summed E-state index contributed by atoms with van der Waals surface area (Å²) in [5, 5.41) is 10.9. The molecule has 2 aliphatic heterocycles. The monoisotopic (exact) mass is 568 g/mol. The van der Waals surface area contributed by atoms with Crippen molar-refractivity contribution in [1.82, 2.24) is 20.2 Å². The molecule has 0 bridgehead atoms. The van der Waals surface area contributed by atoms with Crippen LogP contribution in [0.25, 0.3) is 0 Å². The first kappa shape index (κ1) is 28.1. The Kier molecular flexibility index (Phi) is 7.47. The number of rotatable bonds is 6. The summed E-state index contributed by atoms with van der Waals surface area (Å²) in [7, 11) is 0. The van der Waals surface area contributed by atoms with Gasteiger partial charge in [-0.15, -0.1) is 0 Å². The van der Waals surface area contributed by atoms with Crippen molar-refractivity contribution in [3.8, 4) is 0 Å². The van der Waals surface area contributed by atoms with Crippen LogP contribution in [0.4, 0.5) is 47.7 Å². The van der Waals surface area contributed by atoms with Crippen LogP contribution in [0.5, 0.6) is 0 Å². The van der Waals surface area contributed by atoms with Crippen molar-refractivity contribution in [1.29, 1.82) is 0 Å². The molecule has 4 N–H and O–H groups in total. The third-order valence-corrected chi connectivity index (χ3v) is 7.19. The number of halogens is 3. The smallest absolute Gasteiger partial charge is 0.369 e. The van der Waals surface area contributed by atoms with E-state index in [1.165, 1.54) is 32.0 Å². The van der Waals surface area contributed by atoms with Gasteiger partial charge in [-0.3, -0.25) is 9.59 Å². The first-order valence-corrected chi connectivity index (χ1v) is 13.3. The fourth-order valence-electron chi connectivity index (χ4n) is 4.77. The summed E-state index contributed by atoms with van der Waals surface area (Å²) < 4.78 is 41.8. The number of carbonyl (C=O) groups is 2. The van der Waals surface area contributed by atoms with Gasteiger partial charge in [0.05, 0.1) is 16.9 Å². The lowest BCUT2D eigenvalue weighted by Gasteiger charge is -2.35. The minimum atomic E-state index is -4.77. The molecule has 0 radical (unpaired) electrons. The summed E-state index contributed by atoms with van der Waals surface area (Å²) >= 11 is 0. The Hall–Kier alpha value is -4.39. The normalized spacial score (nSPS) is 17.3. The molecule has 1 aromatic heterocycles. The van der Waals surface area contributed by atoms with E-state index in [1.54, 1.807) is 0 Å². The number of piperazine rings is 1. The van der Waals surface area contributed by atoms with E-state index in [0.717, 1.165) is 38.4 Å². The number of hydrogen-bond donors (Lipinski definition) is 4. The highest BCUT2D eigenvalue weighted by Crippen LogP contribution is 2.37. The molecule has 0 spiro atoms. The summed E-state index contributed by atoms with van der Waals surface area (Å²) in [5.74, 6) is -1.69. The molecule has 2 amide bonds. The van der Waals surface area contributed by atoms with Crippen LogP contribution in [0, 0.1) is 0 Å². The van der Waals surface area contributed by atoms with Crippen molar-refractivity contribution in [2.24, 2.45) is 0 Å². The summed E-state index contributed by atoms with van der Waals surface area (Å²) in [5.41, 5.74) is -0.481. The van der Waals surface area contributed by atoms with Gasteiger partial charge in [0, 0.05) is 43.8 Å². The molecular weight excluding hydrogens is 537 g/mol. The van der Waals surface area contributed by atoms with Gasteiger partial charge in [0.1, 0.15) is 16.9 Å². The first-order valence-electron chi connectivity index (χ1n) is 13.3. The molecule has 13 heteroatoms. The van der Waals surface area contributed by atoms with E-state index in [2.05, 4.69) is 48.0 Å². The zero-order valence-electron chi connectivity index (χ0n) is 22.9. The maximum atomic E-state index is 13.9. The second kappa shape index (κ2) is 10.9. The van der Waals surface area contributed by atoms with Gasteiger partial charge in [-0.25, -0.2) is 4.98 Å². The fraction of sp³-hybridized carbons (Fsp3) is 0.357. The van der Waals surface area contributed by atoms with Gasteiger partial charge < -0.3 is 31.1 Å². The van der Waals surface area contributed by atoms with Crippen LogP contribution in [0.3, 0.4) is 0 Å². The largest absolute Gasteiger partial charge is 0.421 e. The lowest BCUT2D eigenvalue weighted by Crippen LogP contribution is -2.50. The lowest BCUT2D eigenvalue weighted by atomic mass is 10.1. The number of alkyl halides is 3. The Bertz CT molecular complexity index is 1450. The van der Waals surface area contributed by atoms with Crippen LogP contribution >= 0.6 is 0 Å². The van der Waals surface area contributed by atoms with Crippen molar-refractivity contribution in [2.75, 3.05) is 53.6 Å². The molecule has 10 nitrogen and oxygen atoms in total. The van der Waals surface area contributed by atoms with Gasteiger partial charge in [0.15, 0.2) is 0 Å². The molecule has 1 saturated heterocycles. The molecule has 0 unspecified atom stereocenters. The number of likely N-dealkylation sites (N-methyl/N-ethyl adjacent to an activating group) is 1. The lowest BCUT2D eigenvalue weighted by molar-refractivity contribution is -0.137. The number of fused-ring (bicyclic) bond motifs is 1. The second-order valence-electron chi connectivity index (χ2n) is 10.4. The van der Waals surface area contributed by atoms with E-state index >= 15 is 0 Å². The number of anilines is 6. The SMILES string of the molecule is CCN1CCN(c2ccc(Nc3ncc(C(F)(F)F)c(Nc4cccc5c4C(=O)NC(C)(C)C(=O)N5)n3)cc2)CC1. The third-order valence-electron chi connectivity index (χ3n) is 7.19. The number of hydrogen-bond acceptors (Lipinski definition) is 8. The van der Waals surface area contributed by atoms with Crippen LogP contribution in [-0.4, -0.2) is 64.9 Å². The van der Waals surface area contributed by atoms with Gasteiger partial charge in [0.25, 0.3) is 5.91 Å². The quantitative estimate of drug-likeness (QED) is 0.342. The highest BCUT2D eigenvalue weighted by atomic mass is 19.4. The van der Waals surface area contributed by atoms with Crippen LogP contribution in [-0.2, 0) is 11.0 Å². The molecule has 2 aromatic carbocycles. The zero-order chi connectivity index (χ0) is 29.4. The van der Waals surface area contributed by atoms with Crippen LogP contribution in [0.2, 0.25) is 0 Å². The number of carbonyl (C=O) groups excluding carboxylic acids is 2. The molecule has 41 heavy (non-hydrogen) atoms. The average Bonchev–Trinajstić information content (AvgIpc) is 3.01. The highest BCUT2D eigenvalue weighted by molar-refractivity contribution is 6.14. The molecule has 2 aliphatic rings. The minimum absolute atomic E-state index is 0.0111. The van der Waals surface area contributed by atoms with Gasteiger partial charge in [0.2, 0.25) is 11.9 Å². The summed E-state index contributed by atoms with van der Waals surface area (Å²) in [6.45, 7) is 10.0. The first-order chi connectivity index (χ1) is 19.4. The second-order valence-corrected chi connectivity index (χ2v) is 10.4. The van der Waals surface area contributed by atoms with Crippen molar-refractivity contribution >= 4 is 46.3 Å². The number of amides is 2. The van der Waals surface area contributed by atoms with E-state index in [9.17, 15) is 22.8 Å². The number of nitrogens with one attached hydrogen (secondary N) is 4. The predicted octanol–water partition coefficient (Wildman–Crippen LogP) is 4.59. The maximum Gasteiger partial charge on any atom is 0.421 e. The predicted molar refractivity (Wildman–Crippen MR) is 151 cm³/mol. The summed E-state index contributed by atoms with van der Waals surface area (Å²) in [4.78, 5) is 38.2. The number of nitrogens with zero attached hydrogens (tertiary/aromatic N) is 4. The zero-order valence-corrected chi connectivity index (χ0v) is 22.9. The Morgan fingerprint density at radius 2 is 1.71 bits per heavy atom. The van der Waals surface area contributed by atoms with E-state index in [0.29, 0.717) is 11.9 Å². The van der Waals surface area contributed by atoms with E-state index in [1.807, 2.05) is 24.3 Å². The topological polar surface area (TPSA) is 115 Å². The fourth-order valence-corrected chi connectivity index (χ4v) is 4.77. The maximum absolute atomic E-state index is 13.9. The molecule has 5 rings (SSSR count). The Morgan fingerprint density at radius 3 is 2.37 bits per heavy atom. The molecule has 3 aromatic rings. The minimum Gasteiger partial charge on any atom is -0.369 e. The van der Waals surface area contributed by atoms with Crippen molar-refractivity contribution in [2.45, 2.75) is 32.5 Å². The van der Waals surface area contributed by atoms with E-state index in [-0.39, 0.29) is 22.9 Å². The van der Waals surface area contributed by atoms with Gasteiger partial charge in [-0.2, -0.15) is 18.2 Å². The van der Waals surface area contributed by atoms with Crippen molar-refractivity contribution in [3.05, 3.63) is 59.8 Å². The Morgan fingerprint density at radius 1 is 1.00 bits per heavy atom. The molecule has 216 valence electrons. The highest BCUT2D eigenvalue weighted by Gasteiger charge is 2.38. The average molecular weight is 569 g/mol. The van der Waals surface area contributed by atoms with Gasteiger partial charge in [-0.1, -0.05) is 13.0 Å². The molecule has 0 atom stereocenters. The Labute approximate surface area is 235 Å². The van der Waals surface area contributed by atoms with Gasteiger partial charge in [-0.05, 0) is 56.8 Å². The van der Waals surface area contributed by atoms with Crippen molar-refractivity contribution in [3.63, 3.8) is 0 Å². The Balaban J connectivity index is 1.40. The molecule has 0 saturated carbocycles. The summed E-state index contributed by atoms with van der Waals surface area (Å²) in [6, 6.07) is 12.0. The molecule has 1 fully saturated rings. The van der Waals surface area contributed by atoms with Crippen molar-refractivity contribution < 1.29 is 22.8 Å². The van der Waals surface area contributed by atoms with Crippen LogP contribution < -0.4 is 26.2 Å². The van der Waals surface area contributed by atoms with E-state index in [4.69, 9.17) is 0 Å². The molecule has 0 aliphatic carbocycles.